The molecule has 0 spiro atoms. The quantitative estimate of drug-likeness (QED) is 0.771. The predicted molar refractivity (Wildman–Crippen MR) is 68.7 cm³/mol. The van der Waals surface area contributed by atoms with Gasteiger partial charge >= 0.3 is 6.03 Å². The van der Waals surface area contributed by atoms with Crippen LogP contribution in [0.3, 0.4) is 0 Å². The first-order chi connectivity index (χ1) is 8.00. The number of carbonyl (C=O) groups excluding carboxylic acids is 1. The maximum Gasteiger partial charge on any atom is 0.330 e. The molecule has 94 valence electrons. The van der Waals surface area contributed by atoms with Gasteiger partial charge in [0, 0.05) is 26.1 Å². The number of carbonyl (C=O) groups is 1. The number of rotatable bonds is 1. The molecule has 0 N–H and O–H groups in total. The second-order valence-electron chi connectivity index (χ2n) is 4.64. The predicted octanol–water partition coefficient (Wildman–Crippen LogP) is 1.45. The van der Waals surface area contributed by atoms with Crippen LogP contribution in [0.1, 0.15) is 25.2 Å². The minimum Gasteiger partial charge on any atom is -0.336 e. The summed E-state index contributed by atoms with van der Waals surface area (Å²) in [5.74, 6) is 0. The normalized spacial score (nSPS) is 15.0. The van der Waals surface area contributed by atoms with Crippen molar-refractivity contribution in [2.45, 2.75) is 32.9 Å². The minimum absolute atomic E-state index is 0.0322. The molecule has 0 atom stereocenters. The number of urea groups is 1. The summed E-state index contributed by atoms with van der Waals surface area (Å²) in [7, 11) is 1.96. The smallest absolute Gasteiger partial charge is 0.330 e. The van der Waals surface area contributed by atoms with Crippen molar-refractivity contribution in [3.63, 3.8) is 0 Å². The van der Waals surface area contributed by atoms with E-state index in [1.54, 1.807) is 6.33 Å². The highest BCUT2D eigenvalue weighted by atomic mass is 32.1. The van der Waals surface area contributed by atoms with Gasteiger partial charge in [0.1, 0.15) is 0 Å². The first-order valence-corrected chi connectivity index (χ1v) is 6.16. The third kappa shape index (κ3) is 2.26. The lowest BCUT2D eigenvalue weighted by Crippen LogP contribution is -2.44. The van der Waals surface area contributed by atoms with Crippen LogP contribution in [0, 0.1) is 0 Å². The third-order valence-corrected chi connectivity index (χ3v) is 3.69. The summed E-state index contributed by atoms with van der Waals surface area (Å²) >= 11 is 4.23. The Morgan fingerprint density at radius 3 is 2.94 bits per heavy atom. The first kappa shape index (κ1) is 12.3. The Morgan fingerprint density at radius 1 is 1.59 bits per heavy atom. The van der Waals surface area contributed by atoms with Crippen LogP contribution in [-0.4, -0.2) is 37.4 Å². The molecule has 0 bridgehead atoms. The molecule has 6 heteroatoms. The maximum absolute atomic E-state index is 12.1. The first-order valence-electron chi connectivity index (χ1n) is 5.76. The van der Waals surface area contributed by atoms with Gasteiger partial charge in [-0.1, -0.05) is 12.8 Å². The van der Waals surface area contributed by atoms with Crippen LogP contribution in [0.2, 0.25) is 0 Å². The van der Waals surface area contributed by atoms with E-state index in [0.29, 0.717) is 13.1 Å². The molecule has 0 saturated carbocycles. The van der Waals surface area contributed by atoms with Crippen molar-refractivity contribution in [1.82, 2.24) is 18.8 Å². The summed E-state index contributed by atoms with van der Waals surface area (Å²) in [6, 6.07) is 0.0638. The molecule has 0 aromatic carbocycles. The van der Waals surface area contributed by atoms with Crippen LogP contribution in [0.15, 0.2) is 6.33 Å². The van der Waals surface area contributed by atoms with E-state index in [9.17, 15) is 4.79 Å². The summed E-state index contributed by atoms with van der Waals surface area (Å²) in [5.41, 5.74) is 2.22. The van der Waals surface area contributed by atoms with E-state index in [1.807, 2.05) is 30.4 Å². The molecule has 2 rings (SSSR count). The van der Waals surface area contributed by atoms with Crippen LogP contribution in [0.4, 0.5) is 4.79 Å². The fourth-order valence-electron chi connectivity index (χ4n) is 1.95. The van der Waals surface area contributed by atoms with Gasteiger partial charge in [-0.2, -0.15) is 0 Å². The molecule has 1 aromatic heterocycles. The number of aromatic nitrogens is 2. The molecule has 17 heavy (non-hydrogen) atoms. The molecule has 0 unspecified atom stereocenters. The highest BCUT2D eigenvalue weighted by Gasteiger charge is 2.26. The van der Waals surface area contributed by atoms with Crippen molar-refractivity contribution < 1.29 is 4.79 Å². The summed E-state index contributed by atoms with van der Waals surface area (Å²) in [4.78, 5) is 18.3. The largest absolute Gasteiger partial charge is 0.336 e. The molecule has 0 radical (unpaired) electrons. The van der Waals surface area contributed by atoms with Crippen molar-refractivity contribution in [1.29, 1.82) is 0 Å². The highest BCUT2D eigenvalue weighted by molar-refractivity contribution is 7.78. The van der Waals surface area contributed by atoms with Gasteiger partial charge in [-0.25, -0.2) is 9.78 Å². The van der Waals surface area contributed by atoms with Crippen molar-refractivity contribution in [2.75, 3.05) is 6.54 Å². The second-order valence-corrected chi connectivity index (χ2v) is 5.07. The Balaban J connectivity index is 2.12. The van der Waals surface area contributed by atoms with Gasteiger partial charge < -0.3 is 9.47 Å². The lowest BCUT2D eigenvalue weighted by molar-refractivity contribution is 0.168. The average molecular weight is 254 g/mol. The van der Waals surface area contributed by atoms with Crippen LogP contribution in [0.25, 0.3) is 0 Å². The van der Waals surface area contributed by atoms with Crippen molar-refractivity contribution in [2.24, 2.45) is 7.05 Å². The summed E-state index contributed by atoms with van der Waals surface area (Å²) in [5, 5.41) is 0. The molecule has 2 amide bonds. The minimum atomic E-state index is -0.0322. The number of hydrogen-bond donors (Lipinski definition) is 1. The van der Waals surface area contributed by atoms with E-state index in [4.69, 9.17) is 0 Å². The molecular formula is C11H18N4OS. The zero-order valence-corrected chi connectivity index (χ0v) is 11.3. The Labute approximate surface area is 107 Å². The highest BCUT2D eigenvalue weighted by Crippen LogP contribution is 2.19. The fourth-order valence-corrected chi connectivity index (χ4v) is 2.07. The van der Waals surface area contributed by atoms with E-state index in [1.165, 1.54) is 4.31 Å². The number of fused-ring (bicyclic) bond motifs is 1. The van der Waals surface area contributed by atoms with Crippen molar-refractivity contribution in [3.8, 4) is 0 Å². The maximum atomic E-state index is 12.1. The topological polar surface area (TPSA) is 41.4 Å². The van der Waals surface area contributed by atoms with Crippen molar-refractivity contribution >= 4 is 18.8 Å². The number of hydrogen-bond acceptors (Lipinski definition) is 3. The lowest BCUT2D eigenvalue weighted by Gasteiger charge is -2.32. The molecule has 1 aliphatic rings. The van der Waals surface area contributed by atoms with Crippen LogP contribution in [-0.2, 0) is 20.0 Å². The van der Waals surface area contributed by atoms with E-state index in [0.717, 1.165) is 17.8 Å². The van der Waals surface area contributed by atoms with Gasteiger partial charge in [-0.3, -0.25) is 4.31 Å². The Kier molecular flexibility index (Phi) is 3.33. The number of aryl methyl sites for hydroxylation is 1. The monoisotopic (exact) mass is 254 g/mol. The summed E-state index contributed by atoms with van der Waals surface area (Å²) in [6.07, 6.45) is 2.63. The molecule has 1 aromatic rings. The number of imidazole rings is 1. The third-order valence-electron chi connectivity index (χ3n) is 3.06. The zero-order valence-electron chi connectivity index (χ0n) is 10.4. The van der Waals surface area contributed by atoms with Crippen LogP contribution >= 0.6 is 12.8 Å². The molecule has 2 heterocycles. The standard InChI is InChI=1S/C11H18N4OS/c1-8(2)15(17)11(16)14-5-4-9-10(6-14)13(3)7-12-9/h7-8,17H,4-6H2,1-3H3. The van der Waals surface area contributed by atoms with Gasteiger partial charge in [0.05, 0.1) is 24.3 Å². The van der Waals surface area contributed by atoms with E-state index in [-0.39, 0.29) is 12.1 Å². The van der Waals surface area contributed by atoms with Crippen LogP contribution < -0.4 is 0 Å². The lowest BCUT2D eigenvalue weighted by atomic mass is 10.1. The number of amides is 2. The molecule has 5 nitrogen and oxygen atoms in total. The van der Waals surface area contributed by atoms with E-state index < -0.39 is 0 Å². The van der Waals surface area contributed by atoms with Crippen molar-refractivity contribution in [3.05, 3.63) is 17.7 Å². The Hall–Kier alpha value is -1.17. The number of thiol groups is 1. The van der Waals surface area contributed by atoms with Gasteiger partial charge in [0.15, 0.2) is 0 Å². The average Bonchev–Trinajstić information content (AvgIpc) is 2.68. The second kappa shape index (κ2) is 4.60. The van der Waals surface area contributed by atoms with Crippen LogP contribution in [0.5, 0.6) is 0 Å². The number of nitrogens with zero attached hydrogens (tertiary/aromatic N) is 4. The molecule has 0 aliphatic carbocycles. The SMILES string of the molecule is CC(C)N(S)C(=O)N1CCc2ncn(C)c2C1. The zero-order chi connectivity index (χ0) is 12.6. The van der Waals surface area contributed by atoms with Gasteiger partial charge in [-0.15, -0.1) is 0 Å². The van der Waals surface area contributed by atoms with Gasteiger partial charge in [0.2, 0.25) is 0 Å². The molecule has 0 fully saturated rings. The molecule has 1 aliphatic heterocycles. The summed E-state index contributed by atoms with van der Waals surface area (Å²) < 4.78 is 3.45. The van der Waals surface area contributed by atoms with E-state index in [2.05, 4.69) is 17.8 Å². The van der Waals surface area contributed by atoms with Gasteiger partial charge in [0.25, 0.3) is 0 Å². The Morgan fingerprint density at radius 2 is 2.29 bits per heavy atom. The fraction of sp³-hybridized carbons (Fsp3) is 0.636. The molecular weight excluding hydrogens is 236 g/mol. The van der Waals surface area contributed by atoms with Gasteiger partial charge in [-0.05, 0) is 13.8 Å². The summed E-state index contributed by atoms with van der Waals surface area (Å²) in [6.45, 7) is 5.23. The van der Waals surface area contributed by atoms with E-state index >= 15 is 0 Å². The molecule has 0 saturated heterocycles. The Bertz CT molecular complexity index is 429.